The van der Waals surface area contributed by atoms with Gasteiger partial charge in [0.2, 0.25) is 0 Å². The van der Waals surface area contributed by atoms with Crippen LogP contribution in [0.15, 0.2) is 33.9 Å². The van der Waals surface area contributed by atoms with Crippen molar-refractivity contribution in [3.63, 3.8) is 0 Å². The zero-order valence-electron chi connectivity index (χ0n) is 13.1. The molecular weight excluding hydrogens is 332 g/mol. The Labute approximate surface area is 140 Å². The highest BCUT2D eigenvalue weighted by atomic mass is 16.6. The highest BCUT2D eigenvalue weighted by Crippen LogP contribution is 2.21. The predicted octanol–water partition coefficient (Wildman–Crippen LogP) is 0.642. The number of piperidine rings is 1. The van der Waals surface area contributed by atoms with Crippen LogP contribution in [0.2, 0.25) is 0 Å². The molecule has 3 N–H and O–H groups in total. The molecule has 1 fully saturated rings. The number of anilines is 1. The quantitative estimate of drug-likeness (QED) is 0.550. The summed E-state index contributed by atoms with van der Waals surface area (Å²) in [6.45, 7) is 0.727. The maximum atomic E-state index is 12.3. The first-order valence-corrected chi connectivity index (χ1v) is 7.65. The van der Waals surface area contributed by atoms with E-state index in [1.54, 1.807) is 11.0 Å². The number of benzene rings is 1. The molecule has 1 aromatic heterocycles. The molecule has 3 rings (SSSR count). The van der Waals surface area contributed by atoms with Gasteiger partial charge in [-0.15, -0.1) is 0 Å². The average molecular weight is 348 g/mol. The number of hydrogen-bond acceptors (Lipinski definition) is 5. The fourth-order valence-electron chi connectivity index (χ4n) is 2.88. The lowest BCUT2D eigenvalue weighted by Crippen LogP contribution is -2.44. The van der Waals surface area contributed by atoms with Crippen LogP contribution in [0.3, 0.4) is 0 Å². The summed E-state index contributed by atoms with van der Waals surface area (Å²) in [7, 11) is 0. The van der Waals surface area contributed by atoms with E-state index in [1.807, 2.05) is 0 Å². The number of likely N-dealkylation sites (tertiary alicyclic amines) is 1. The lowest BCUT2D eigenvalue weighted by atomic mass is 10.1. The van der Waals surface area contributed by atoms with Gasteiger partial charge in [-0.25, -0.2) is 29.1 Å². The maximum absolute atomic E-state index is 12.3. The van der Waals surface area contributed by atoms with E-state index >= 15 is 0 Å². The van der Waals surface area contributed by atoms with Gasteiger partial charge in [0.15, 0.2) is 0 Å². The molecule has 1 aliphatic heterocycles. The van der Waals surface area contributed by atoms with E-state index in [9.17, 15) is 24.5 Å². The van der Waals surface area contributed by atoms with E-state index in [0.717, 1.165) is 4.57 Å². The van der Waals surface area contributed by atoms with Gasteiger partial charge < -0.3 is 10.2 Å². The first-order valence-electron chi connectivity index (χ1n) is 7.65. The molecule has 11 nitrogen and oxygen atoms in total. The second kappa shape index (κ2) is 6.63. The number of hydrogen-bond donors (Lipinski definition) is 3. The van der Waals surface area contributed by atoms with Crippen molar-refractivity contribution < 1.29 is 9.72 Å². The normalized spacial score (nSPS) is 15.1. The molecule has 1 aliphatic rings. The molecule has 0 bridgehead atoms. The van der Waals surface area contributed by atoms with E-state index in [2.05, 4.69) is 15.5 Å². The van der Waals surface area contributed by atoms with Gasteiger partial charge in [-0.3, -0.25) is 10.1 Å². The van der Waals surface area contributed by atoms with Crippen molar-refractivity contribution in [2.24, 2.45) is 0 Å². The van der Waals surface area contributed by atoms with Gasteiger partial charge in [0.05, 0.1) is 4.92 Å². The largest absolute Gasteiger partial charge is 0.344 e. The minimum absolute atomic E-state index is 0.109. The fourth-order valence-corrected chi connectivity index (χ4v) is 2.88. The standard InChI is InChI=1S/C14H16N6O5/c21-12(15-9-2-1-3-11(8-9)20(24)25)18-6-4-10(5-7-18)19-13(22)16-17-14(19)23/h1-3,8,10H,4-7H2,(H,15,21)(H,16,22)(H,17,23). The van der Waals surface area contributed by atoms with Crippen LogP contribution in [0, 0.1) is 10.1 Å². The van der Waals surface area contributed by atoms with Crippen molar-refractivity contribution >= 4 is 17.4 Å². The molecule has 132 valence electrons. The molecule has 1 aromatic carbocycles. The summed E-state index contributed by atoms with van der Waals surface area (Å²) in [4.78, 5) is 47.3. The Hall–Kier alpha value is -3.37. The number of non-ortho nitro benzene ring substituents is 1. The summed E-state index contributed by atoms with van der Waals surface area (Å²) in [5.74, 6) is 0. The Kier molecular flexibility index (Phi) is 4.37. The summed E-state index contributed by atoms with van der Waals surface area (Å²) in [5.41, 5.74) is -0.767. The number of rotatable bonds is 3. The average Bonchev–Trinajstić information content (AvgIpc) is 2.94. The van der Waals surface area contributed by atoms with Crippen LogP contribution in [0.25, 0.3) is 0 Å². The van der Waals surface area contributed by atoms with Crippen LogP contribution in [0.4, 0.5) is 16.2 Å². The summed E-state index contributed by atoms with van der Waals surface area (Å²) < 4.78 is 1.12. The maximum Gasteiger partial charge on any atom is 0.344 e. The monoisotopic (exact) mass is 348 g/mol. The Morgan fingerprint density at radius 2 is 1.84 bits per heavy atom. The van der Waals surface area contributed by atoms with Crippen molar-refractivity contribution in [3.05, 3.63) is 55.3 Å². The van der Waals surface area contributed by atoms with E-state index in [0.29, 0.717) is 31.6 Å². The van der Waals surface area contributed by atoms with E-state index in [-0.39, 0.29) is 17.8 Å². The number of carbonyl (C=O) groups is 1. The van der Waals surface area contributed by atoms with Gasteiger partial charge in [0.1, 0.15) is 0 Å². The van der Waals surface area contributed by atoms with Crippen LogP contribution in [-0.2, 0) is 0 Å². The smallest absolute Gasteiger partial charge is 0.324 e. The van der Waals surface area contributed by atoms with Crippen LogP contribution in [0.5, 0.6) is 0 Å². The van der Waals surface area contributed by atoms with Gasteiger partial charge in [0, 0.05) is 37.0 Å². The topological polar surface area (TPSA) is 146 Å². The first-order chi connectivity index (χ1) is 12.0. The second-order valence-corrected chi connectivity index (χ2v) is 5.69. The van der Waals surface area contributed by atoms with Crippen molar-refractivity contribution in [2.75, 3.05) is 18.4 Å². The lowest BCUT2D eigenvalue weighted by Gasteiger charge is -2.31. The molecule has 2 heterocycles. The Balaban J connectivity index is 1.62. The number of aromatic amines is 2. The van der Waals surface area contributed by atoms with Gasteiger partial charge in [-0.2, -0.15) is 0 Å². The molecule has 2 aromatic rings. The number of nitro groups is 1. The highest BCUT2D eigenvalue weighted by Gasteiger charge is 2.26. The van der Waals surface area contributed by atoms with Crippen molar-refractivity contribution in [1.29, 1.82) is 0 Å². The summed E-state index contributed by atoms with van der Waals surface area (Å²) in [6.07, 6.45) is 0.923. The van der Waals surface area contributed by atoms with Crippen LogP contribution >= 0.6 is 0 Å². The Morgan fingerprint density at radius 3 is 2.44 bits per heavy atom. The molecule has 0 spiro atoms. The minimum Gasteiger partial charge on any atom is -0.324 e. The van der Waals surface area contributed by atoms with Crippen molar-refractivity contribution in [3.8, 4) is 0 Å². The third-order valence-corrected chi connectivity index (χ3v) is 4.14. The number of H-pyrrole nitrogens is 2. The molecular formula is C14H16N6O5. The van der Waals surface area contributed by atoms with Crippen molar-refractivity contribution in [1.82, 2.24) is 19.7 Å². The number of nitrogens with one attached hydrogen (secondary N) is 3. The highest BCUT2D eigenvalue weighted by molar-refractivity contribution is 5.89. The lowest BCUT2D eigenvalue weighted by molar-refractivity contribution is -0.384. The minimum atomic E-state index is -0.534. The number of carbonyl (C=O) groups excluding carboxylic acids is 1. The van der Waals surface area contributed by atoms with Crippen molar-refractivity contribution in [2.45, 2.75) is 18.9 Å². The molecule has 0 saturated carbocycles. The Bertz CT molecular complexity index is 877. The van der Waals surface area contributed by atoms with Gasteiger partial charge in [-0.05, 0) is 18.9 Å². The van der Waals surface area contributed by atoms with Crippen LogP contribution < -0.4 is 16.7 Å². The van der Waals surface area contributed by atoms with Gasteiger partial charge in [-0.1, -0.05) is 6.07 Å². The SMILES string of the molecule is O=C(Nc1cccc([N+](=O)[O-])c1)N1CCC(n2c(=O)[nH][nH]c2=O)CC1. The zero-order valence-corrected chi connectivity index (χ0v) is 13.1. The summed E-state index contributed by atoms with van der Waals surface area (Å²) in [6, 6.07) is 5.02. The molecule has 2 amide bonds. The molecule has 0 radical (unpaired) electrons. The predicted molar refractivity (Wildman–Crippen MR) is 87.6 cm³/mol. The van der Waals surface area contributed by atoms with Crippen LogP contribution in [0.1, 0.15) is 18.9 Å². The first kappa shape index (κ1) is 16.5. The number of amides is 2. The number of aromatic nitrogens is 3. The summed E-state index contributed by atoms with van der Waals surface area (Å²) in [5, 5.41) is 17.9. The molecule has 0 aliphatic carbocycles. The molecule has 25 heavy (non-hydrogen) atoms. The van der Waals surface area contributed by atoms with Gasteiger partial charge >= 0.3 is 17.4 Å². The third kappa shape index (κ3) is 3.44. The zero-order chi connectivity index (χ0) is 18.0. The molecule has 11 heteroatoms. The van der Waals surface area contributed by atoms with Crippen LogP contribution in [-0.4, -0.2) is 43.7 Å². The number of nitro benzene ring substituents is 1. The Morgan fingerprint density at radius 1 is 1.20 bits per heavy atom. The molecule has 0 atom stereocenters. The van der Waals surface area contributed by atoms with E-state index in [4.69, 9.17) is 0 Å². The molecule has 1 saturated heterocycles. The van der Waals surface area contributed by atoms with E-state index < -0.39 is 16.3 Å². The second-order valence-electron chi connectivity index (χ2n) is 5.69. The van der Waals surface area contributed by atoms with Gasteiger partial charge in [0.25, 0.3) is 5.69 Å². The van der Waals surface area contributed by atoms with E-state index in [1.165, 1.54) is 18.2 Å². The number of nitrogens with zero attached hydrogens (tertiary/aromatic N) is 3. The number of urea groups is 1. The summed E-state index contributed by atoms with van der Waals surface area (Å²) >= 11 is 0. The third-order valence-electron chi connectivity index (χ3n) is 4.14. The fraction of sp³-hybridized carbons (Fsp3) is 0.357. The molecule has 0 unspecified atom stereocenters.